The van der Waals surface area contributed by atoms with Gasteiger partial charge in [-0.25, -0.2) is 12.8 Å². The molecule has 0 N–H and O–H groups in total. The molecule has 1 atom stereocenters. The van der Waals surface area contributed by atoms with E-state index in [0.717, 1.165) is 10.4 Å². The third kappa shape index (κ3) is 2.93. The van der Waals surface area contributed by atoms with E-state index in [9.17, 15) is 12.8 Å². The minimum Gasteiger partial charge on any atom is -0.207 e. The maximum atomic E-state index is 13.3. The zero-order valence-corrected chi connectivity index (χ0v) is 10.6. The van der Waals surface area contributed by atoms with Gasteiger partial charge in [0.15, 0.2) is 0 Å². The molecule has 0 aliphatic heterocycles. The summed E-state index contributed by atoms with van der Waals surface area (Å²) in [4.78, 5) is -0.324. The van der Waals surface area contributed by atoms with Gasteiger partial charge in [0.25, 0.3) is 0 Å². The number of rotatable bonds is 4. The number of hydrogen-bond acceptors (Lipinski definition) is 2. The minimum absolute atomic E-state index is 0.137. The van der Waals surface area contributed by atoms with E-state index in [1.54, 1.807) is 6.92 Å². The van der Waals surface area contributed by atoms with E-state index in [0.29, 0.717) is 0 Å². The van der Waals surface area contributed by atoms with E-state index < -0.39 is 15.8 Å². The molecule has 0 amide bonds. The van der Waals surface area contributed by atoms with Crippen LogP contribution in [0.25, 0.3) is 0 Å². The van der Waals surface area contributed by atoms with Crippen LogP contribution in [-0.2, 0) is 10.0 Å². The SMILES string of the molecule is CC(Cl)CN(C)S(=O)(=O)c1ccccc1F. The van der Waals surface area contributed by atoms with E-state index in [1.165, 1.54) is 25.2 Å². The van der Waals surface area contributed by atoms with Crippen molar-refractivity contribution in [3.05, 3.63) is 30.1 Å². The van der Waals surface area contributed by atoms with E-state index in [4.69, 9.17) is 11.6 Å². The van der Waals surface area contributed by atoms with Crippen molar-refractivity contribution in [1.29, 1.82) is 0 Å². The molecule has 0 aromatic heterocycles. The van der Waals surface area contributed by atoms with Crippen LogP contribution in [0.3, 0.4) is 0 Å². The highest BCUT2D eigenvalue weighted by atomic mass is 35.5. The Balaban J connectivity index is 3.08. The van der Waals surface area contributed by atoms with Crippen molar-refractivity contribution in [3.8, 4) is 0 Å². The van der Waals surface area contributed by atoms with Crippen LogP contribution in [0.15, 0.2) is 29.2 Å². The first-order chi connectivity index (χ1) is 7.35. The lowest BCUT2D eigenvalue weighted by molar-refractivity contribution is 0.463. The van der Waals surface area contributed by atoms with Crippen LogP contribution in [0, 0.1) is 5.82 Å². The fraction of sp³-hybridized carbons (Fsp3) is 0.400. The van der Waals surface area contributed by atoms with Gasteiger partial charge in [0, 0.05) is 19.0 Å². The molecule has 16 heavy (non-hydrogen) atoms. The van der Waals surface area contributed by atoms with Crippen molar-refractivity contribution in [3.63, 3.8) is 0 Å². The summed E-state index contributed by atoms with van der Waals surface area (Å²) >= 11 is 5.71. The number of alkyl halides is 1. The van der Waals surface area contributed by atoms with Gasteiger partial charge in [-0.15, -0.1) is 11.6 Å². The van der Waals surface area contributed by atoms with Gasteiger partial charge in [0.1, 0.15) is 10.7 Å². The summed E-state index contributed by atoms with van der Waals surface area (Å²) in [6.45, 7) is 1.81. The van der Waals surface area contributed by atoms with Gasteiger partial charge in [-0.2, -0.15) is 4.31 Å². The molecule has 1 aromatic rings. The number of nitrogens with zero attached hydrogens (tertiary/aromatic N) is 1. The van der Waals surface area contributed by atoms with Crippen molar-refractivity contribution >= 4 is 21.6 Å². The highest BCUT2D eigenvalue weighted by Crippen LogP contribution is 2.18. The van der Waals surface area contributed by atoms with Crippen LogP contribution >= 0.6 is 11.6 Å². The summed E-state index contributed by atoms with van der Waals surface area (Å²) in [5.74, 6) is -0.753. The van der Waals surface area contributed by atoms with Crippen molar-refractivity contribution in [2.24, 2.45) is 0 Å². The lowest BCUT2D eigenvalue weighted by Crippen LogP contribution is -2.32. The smallest absolute Gasteiger partial charge is 0.207 e. The predicted octanol–water partition coefficient (Wildman–Crippen LogP) is 2.07. The third-order valence-corrected chi connectivity index (χ3v) is 4.03. The molecule has 6 heteroatoms. The normalized spacial score (nSPS) is 14.1. The predicted molar refractivity (Wildman–Crippen MR) is 61.5 cm³/mol. The second-order valence-corrected chi connectivity index (χ2v) is 6.26. The summed E-state index contributed by atoms with van der Waals surface area (Å²) in [6.07, 6.45) is 0. The minimum atomic E-state index is -3.79. The Hall–Kier alpha value is -0.650. The molecule has 0 fully saturated rings. The molecule has 0 aliphatic carbocycles. The molecular formula is C10H13ClFNO2S. The molecule has 0 aliphatic rings. The van der Waals surface area contributed by atoms with E-state index in [-0.39, 0.29) is 16.8 Å². The van der Waals surface area contributed by atoms with E-state index in [1.807, 2.05) is 0 Å². The number of hydrogen-bond donors (Lipinski definition) is 0. The van der Waals surface area contributed by atoms with Gasteiger partial charge in [0.2, 0.25) is 10.0 Å². The van der Waals surface area contributed by atoms with Crippen LogP contribution in [0.2, 0.25) is 0 Å². The second kappa shape index (κ2) is 5.12. The molecule has 0 heterocycles. The lowest BCUT2D eigenvalue weighted by atomic mass is 10.4. The average molecular weight is 266 g/mol. The van der Waals surface area contributed by atoms with Crippen molar-refractivity contribution in [2.75, 3.05) is 13.6 Å². The van der Waals surface area contributed by atoms with E-state index >= 15 is 0 Å². The summed E-state index contributed by atoms with van der Waals surface area (Å²) in [7, 11) is -2.42. The molecule has 1 rings (SSSR count). The highest BCUT2D eigenvalue weighted by molar-refractivity contribution is 7.89. The summed E-state index contributed by atoms with van der Waals surface area (Å²) in [6, 6.07) is 5.28. The molecule has 0 spiro atoms. The first kappa shape index (κ1) is 13.4. The first-order valence-corrected chi connectivity index (χ1v) is 6.58. The molecular weight excluding hydrogens is 253 g/mol. The molecule has 0 bridgehead atoms. The molecule has 90 valence electrons. The van der Waals surface area contributed by atoms with Gasteiger partial charge in [-0.05, 0) is 19.1 Å². The fourth-order valence-corrected chi connectivity index (χ4v) is 2.88. The maximum absolute atomic E-state index is 13.3. The number of halogens is 2. The average Bonchev–Trinajstić information content (AvgIpc) is 2.16. The number of sulfonamides is 1. The monoisotopic (exact) mass is 265 g/mol. The Labute approximate surface area is 99.9 Å². The van der Waals surface area contributed by atoms with Gasteiger partial charge in [0.05, 0.1) is 0 Å². The summed E-state index contributed by atoms with van der Waals surface area (Å²) in [5.41, 5.74) is 0. The third-order valence-electron chi connectivity index (χ3n) is 2.03. The standard InChI is InChI=1S/C10H13ClFNO2S/c1-8(11)7-13(2)16(14,15)10-6-4-3-5-9(10)12/h3-6,8H,7H2,1-2H3. The Morgan fingerprint density at radius 1 is 1.44 bits per heavy atom. The van der Waals surface area contributed by atoms with Crippen LogP contribution in [0.4, 0.5) is 4.39 Å². The summed E-state index contributed by atoms with van der Waals surface area (Å²) in [5, 5.41) is -0.327. The Bertz CT molecular complexity index is 462. The molecule has 1 unspecified atom stereocenters. The number of benzene rings is 1. The quantitative estimate of drug-likeness (QED) is 0.782. The first-order valence-electron chi connectivity index (χ1n) is 4.70. The molecule has 0 saturated heterocycles. The fourth-order valence-electron chi connectivity index (χ4n) is 1.27. The Morgan fingerprint density at radius 3 is 2.50 bits per heavy atom. The lowest BCUT2D eigenvalue weighted by Gasteiger charge is -2.18. The molecule has 0 radical (unpaired) electrons. The summed E-state index contributed by atoms with van der Waals surface area (Å²) < 4.78 is 38.2. The molecule has 0 saturated carbocycles. The van der Waals surface area contributed by atoms with Crippen molar-refractivity contribution < 1.29 is 12.8 Å². The van der Waals surface area contributed by atoms with Crippen molar-refractivity contribution in [1.82, 2.24) is 4.31 Å². The topological polar surface area (TPSA) is 37.4 Å². The zero-order chi connectivity index (χ0) is 12.3. The zero-order valence-electron chi connectivity index (χ0n) is 9.02. The molecule has 3 nitrogen and oxygen atoms in total. The van der Waals surface area contributed by atoms with Gasteiger partial charge < -0.3 is 0 Å². The van der Waals surface area contributed by atoms with Gasteiger partial charge >= 0.3 is 0 Å². The van der Waals surface area contributed by atoms with Crippen LogP contribution in [-0.4, -0.2) is 31.7 Å². The maximum Gasteiger partial charge on any atom is 0.245 e. The van der Waals surface area contributed by atoms with Crippen molar-refractivity contribution in [2.45, 2.75) is 17.2 Å². The second-order valence-electron chi connectivity index (χ2n) is 3.50. The van der Waals surface area contributed by atoms with Gasteiger partial charge in [-0.1, -0.05) is 12.1 Å². The molecule has 1 aromatic carbocycles. The highest BCUT2D eigenvalue weighted by Gasteiger charge is 2.24. The van der Waals surface area contributed by atoms with Gasteiger partial charge in [-0.3, -0.25) is 0 Å². The Kier molecular flexibility index (Phi) is 4.29. The van der Waals surface area contributed by atoms with Crippen LogP contribution in [0.5, 0.6) is 0 Å². The Morgan fingerprint density at radius 2 is 2.00 bits per heavy atom. The van der Waals surface area contributed by atoms with E-state index in [2.05, 4.69) is 0 Å². The van der Waals surface area contributed by atoms with Crippen LogP contribution in [0.1, 0.15) is 6.92 Å². The van der Waals surface area contributed by atoms with Crippen LogP contribution < -0.4 is 0 Å². The largest absolute Gasteiger partial charge is 0.245 e.